The Labute approximate surface area is 230 Å². The van der Waals surface area contributed by atoms with Gasteiger partial charge in [-0.15, -0.1) is 0 Å². The van der Waals surface area contributed by atoms with Crippen molar-refractivity contribution in [1.82, 2.24) is 14.9 Å². The Bertz CT molecular complexity index is 1390. The molecule has 210 valence electrons. The average Bonchev–Trinajstić information content (AvgIpc) is 2.82. The summed E-state index contributed by atoms with van der Waals surface area (Å²) in [6.07, 6.45) is 2.15. The smallest absolute Gasteiger partial charge is 0.410 e. The van der Waals surface area contributed by atoms with Crippen LogP contribution in [0.2, 0.25) is 0 Å². The lowest BCUT2D eigenvalue weighted by atomic mass is 10.0. The van der Waals surface area contributed by atoms with Gasteiger partial charge in [0, 0.05) is 17.6 Å². The predicted molar refractivity (Wildman–Crippen MR) is 151 cm³/mol. The Hall–Kier alpha value is -3.57. The van der Waals surface area contributed by atoms with E-state index >= 15 is 0 Å². The fourth-order valence-electron chi connectivity index (χ4n) is 3.63. The van der Waals surface area contributed by atoms with Crippen molar-refractivity contribution in [2.45, 2.75) is 64.5 Å². The van der Waals surface area contributed by atoms with Crippen molar-refractivity contribution in [3.63, 3.8) is 0 Å². The Morgan fingerprint density at radius 2 is 1.77 bits per heavy atom. The third kappa shape index (κ3) is 7.96. The third-order valence-electron chi connectivity index (χ3n) is 5.83. The van der Waals surface area contributed by atoms with Gasteiger partial charge >= 0.3 is 12.1 Å². The third-order valence-corrected chi connectivity index (χ3v) is 8.08. The van der Waals surface area contributed by atoms with Gasteiger partial charge < -0.3 is 24.8 Å². The van der Waals surface area contributed by atoms with Crippen molar-refractivity contribution < 1.29 is 28.7 Å². The van der Waals surface area contributed by atoms with Gasteiger partial charge in [-0.3, -0.25) is 4.79 Å². The van der Waals surface area contributed by atoms with E-state index in [2.05, 4.69) is 30.7 Å². The highest BCUT2D eigenvalue weighted by atomic mass is 32.2. The molecule has 1 aromatic carbocycles. The van der Waals surface area contributed by atoms with Crippen LogP contribution in [0.25, 0.3) is 10.9 Å². The number of aromatic hydroxyl groups is 1. The number of amides is 1. The molecule has 10 nitrogen and oxygen atoms in total. The first kappa shape index (κ1) is 30.0. The number of aromatic carboxylic acids is 1. The highest BCUT2D eigenvalue weighted by Gasteiger charge is 2.38. The summed E-state index contributed by atoms with van der Waals surface area (Å²) < 4.78 is 12.1. The van der Waals surface area contributed by atoms with E-state index in [1.54, 1.807) is 39.0 Å². The first-order chi connectivity index (χ1) is 18.0. The molecule has 0 saturated heterocycles. The standard InChI is InChI=1S/C28H35N3O7S/c1-27(2,3)37-26(36)31(15-17-8-11-20(25(34)35)29-14-17)16-22(38-39(7)28(4,5)6)18-9-12-21(32)24-19(18)10-13-23(33)30-24/h8-14,22H,15-16H2,1-7H3,(H2-,30,32,33,34,35)/p+1/t22-,39?/m0/s1. The molecule has 2 atom stereocenters. The number of H-pyrrole nitrogens is 1. The average molecular weight is 559 g/mol. The van der Waals surface area contributed by atoms with Gasteiger partial charge in [-0.05, 0) is 70.9 Å². The molecular weight excluding hydrogens is 522 g/mol. The molecule has 1 amide bonds. The summed E-state index contributed by atoms with van der Waals surface area (Å²) >= 11 is -0.565. The van der Waals surface area contributed by atoms with Gasteiger partial charge in [0.25, 0.3) is 0 Å². The van der Waals surface area contributed by atoms with Crippen molar-refractivity contribution in [2.75, 3.05) is 12.8 Å². The summed E-state index contributed by atoms with van der Waals surface area (Å²) in [5.74, 6) is -1.22. The van der Waals surface area contributed by atoms with Gasteiger partial charge in [0.15, 0.2) is 10.9 Å². The molecule has 2 heterocycles. The Balaban J connectivity index is 2.08. The first-order valence-corrected chi connectivity index (χ1v) is 13.9. The molecule has 0 aliphatic carbocycles. The Kier molecular flexibility index (Phi) is 8.97. The number of hydrogen-bond acceptors (Lipinski definition) is 7. The van der Waals surface area contributed by atoms with Gasteiger partial charge in [0.1, 0.15) is 34.5 Å². The lowest BCUT2D eigenvalue weighted by Gasteiger charge is -2.31. The monoisotopic (exact) mass is 558 g/mol. The highest BCUT2D eigenvalue weighted by Crippen LogP contribution is 2.34. The number of carboxylic acid groups (broad SMARTS) is 1. The number of carbonyl (C=O) groups excluding carboxylic acids is 1. The molecule has 0 aliphatic heterocycles. The minimum absolute atomic E-state index is 0.0714. The molecule has 3 aromatic rings. The zero-order chi connectivity index (χ0) is 29.1. The van der Waals surface area contributed by atoms with Crippen LogP contribution in [0.5, 0.6) is 5.75 Å². The van der Waals surface area contributed by atoms with Gasteiger partial charge in [-0.2, -0.15) is 4.18 Å². The normalized spacial score (nSPS) is 13.6. The summed E-state index contributed by atoms with van der Waals surface area (Å²) in [6, 6.07) is 9.18. The molecule has 39 heavy (non-hydrogen) atoms. The fraction of sp³-hybridized carbons (Fsp3) is 0.429. The highest BCUT2D eigenvalue weighted by molar-refractivity contribution is 7.93. The SMILES string of the molecule is C[S+](O[C@@H](CN(Cc1ccc(C(=O)O)nc1)C(=O)OC(C)(C)C)c1ccc(O)c2[nH]c(=O)ccc12)C(C)(C)C. The summed E-state index contributed by atoms with van der Waals surface area (Å²) in [4.78, 5) is 44.8. The molecule has 0 spiro atoms. The van der Waals surface area contributed by atoms with E-state index in [-0.39, 0.29) is 40.4 Å². The molecule has 3 N–H and O–H groups in total. The number of fused-ring (bicyclic) bond motifs is 1. The number of nitrogens with zero attached hydrogens (tertiary/aromatic N) is 2. The number of nitrogens with one attached hydrogen (secondary N) is 1. The van der Waals surface area contributed by atoms with E-state index < -0.39 is 34.9 Å². The van der Waals surface area contributed by atoms with Crippen LogP contribution in [0.1, 0.15) is 69.3 Å². The molecule has 0 radical (unpaired) electrons. The lowest BCUT2D eigenvalue weighted by molar-refractivity contribution is 0.0157. The Morgan fingerprint density at radius 1 is 1.08 bits per heavy atom. The van der Waals surface area contributed by atoms with Crippen LogP contribution < -0.4 is 5.56 Å². The maximum atomic E-state index is 13.4. The largest absolute Gasteiger partial charge is 0.506 e. The molecule has 1 unspecified atom stereocenters. The minimum Gasteiger partial charge on any atom is -0.506 e. The fourth-order valence-corrected chi connectivity index (χ4v) is 4.44. The maximum absolute atomic E-state index is 13.4. The predicted octanol–water partition coefficient (Wildman–Crippen LogP) is 4.78. The van der Waals surface area contributed by atoms with Crippen molar-refractivity contribution >= 4 is 34.1 Å². The van der Waals surface area contributed by atoms with Crippen LogP contribution in [-0.4, -0.2) is 60.3 Å². The number of phenols is 1. The molecular formula is C28H36N3O7S+. The second-order valence-corrected chi connectivity index (χ2v) is 13.5. The number of benzene rings is 1. The number of aromatic amines is 1. The number of carbonyl (C=O) groups is 2. The number of hydrogen-bond donors (Lipinski definition) is 3. The number of phenolic OH excluding ortho intramolecular Hbond substituents is 1. The zero-order valence-electron chi connectivity index (χ0n) is 23.3. The van der Waals surface area contributed by atoms with Crippen LogP contribution in [0.3, 0.4) is 0 Å². The second-order valence-electron chi connectivity index (χ2n) is 11.2. The molecule has 0 fully saturated rings. The number of carboxylic acids is 1. The molecule has 0 bridgehead atoms. The van der Waals surface area contributed by atoms with E-state index in [1.165, 1.54) is 29.3 Å². The molecule has 3 rings (SSSR count). The van der Waals surface area contributed by atoms with Gasteiger partial charge in [0.2, 0.25) is 5.56 Å². The summed E-state index contributed by atoms with van der Waals surface area (Å²) in [7, 11) is 0. The van der Waals surface area contributed by atoms with Gasteiger partial charge in [0.05, 0.1) is 18.6 Å². The molecule has 0 aliphatic rings. The second kappa shape index (κ2) is 11.7. The van der Waals surface area contributed by atoms with Gasteiger partial charge in [-0.25, -0.2) is 14.6 Å². The van der Waals surface area contributed by atoms with Crippen LogP contribution in [0.15, 0.2) is 47.4 Å². The topological polar surface area (TPSA) is 142 Å². The van der Waals surface area contributed by atoms with Gasteiger partial charge in [-0.1, -0.05) is 12.1 Å². The van der Waals surface area contributed by atoms with Crippen molar-refractivity contribution in [1.29, 1.82) is 0 Å². The minimum atomic E-state index is -1.14. The van der Waals surface area contributed by atoms with E-state index in [1.807, 2.05) is 6.26 Å². The summed E-state index contributed by atoms with van der Waals surface area (Å²) in [6.45, 7) is 11.6. The Morgan fingerprint density at radius 3 is 2.33 bits per heavy atom. The number of aromatic nitrogens is 2. The van der Waals surface area contributed by atoms with Crippen LogP contribution in [-0.2, 0) is 26.6 Å². The zero-order valence-corrected chi connectivity index (χ0v) is 24.1. The number of ether oxygens (including phenoxy) is 1. The van der Waals surface area contributed by atoms with Crippen molar-refractivity contribution in [3.8, 4) is 5.75 Å². The first-order valence-electron chi connectivity index (χ1n) is 12.4. The van der Waals surface area contributed by atoms with Crippen molar-refractivity contribution in [3.05, 3.63) is 69.8 Å². The van der Waals surface area contributed by atoms with E-state index in [4.69, 9.17) is 8.92 Å². The van der Waals surface area contributed by atoms with Crippen LogP contribution in [0.4, 0.5) is 4.79 Å². The molecule has 11 heteroatoms. The van der Waals surface area contributed by atoms with Crippen LogP contribution in [0, 0.1) is 0 Å². The lowest BCUT2D eigenvalue weighted by Crippen LogP contribution is -2.40. The number of rotatable bonds is 8. The van der Waals surface area contributed by atoms with Crippen LogP contribution >= 0.6 is 0 Å². The van der Waals surface area contributed by atoms with E-state index in [0.29, 0.717) is 16.5 Å². The summed E-state index contributed by atoms with van der Waals surface area (Å²) in [5.41, 5.74) is 0.338. The molecule has 0 saturated carbocycles. The van der Waals surface area contributed by atoms with E-state index in [0.717, 1.165) is 0 Å². The van der Waals surface area contributed by atoms with E-state index in [9.17, 15) is 24.6 Å². The quantitative estimate of drug-likeness (QED) is 0.335. The summed E-state index contributed by atoms with van der Waals surface area (Å²) in [5, 5.41) is 20.2. The maximum Gasteiger partial charge on any atom is 0.410 e. The number of pyridine rings is 2. The molecule has 2 aromatic heterocycles. The van der Waals surface area contributed by atoms with Crippen molar-refractivity contribution in [2.24, 2.45) is 0 Å².